The van der Waals surface area contributed by atoms with Crippen molar-refractivity contribution in [3.63, 3.8) is 0 Å². The first-order valence-corrected chi connectivity index (χ1v) is 14.8. The molecule has 1 aromatic heterocycles. The van der Waals surface area contributed by atoms with E-state index in [9.17, 15) is 19.8 Å². The quantitative estimate of drug-likeness (QED) is 0.135. The number of aliphatic imine (C=N–C) groups is 1. The zero-order valence-corrected chi connectivity index (χ0v) is 25.5. The van der Waals surface area contributed by atoms with Gasteiger partial charge in [0.1, 0.15) is 24.2 Å². The van der Waals surface area contributed by atoms with E-state index in [0.717, 1.165) is 16.8 Å². The van der Waals surface area contributed by atoms with Gasteiger partial charge in [0.25, 0.3) is 5.91 Å². The summed E-state index contributed by atoms with van der Waals surface area (Å²) >= 11 is 6.19. The van der Waals surface area contributed by atoms with Crippen LogP contribution >= 0.6 is 11.6 Å². The van der Waals surface area contributed by atoms with Crippen LogP contribution < -0.4 is 15.4 Å². The van der Waals surface area contributed by atoms with Crippen LogP contribution in [-0.4, -0.2) is 75.4 Å². The van der Waals surface area contributed by atoms with Gasteiger partial charge < -0.3 is 30.3 Å². The van der Waals surface area contributed by atoms with Crippen molar-refractivity contribution in [3.05, 3.63) is 94.0 Å². The molecular weight excluding hydrogens is 600 g/mol. The molecule has 2 heterocycles. The Hall–Kier alpha value is -4.94. The fraction of sp³-hybridized carbons (Fsp3) is 0.281. The van der Waals surface area contributed by atoms with Gasteiger partial charge in [-0.25, -0.2) is 0 Å². The molecule has 1 aliphatic rings. The van der Waals surface area contributed by atoms with Gasteiger partial charge in [0.15, 0.2) is 17.3 Å². The highest BCUT2D eigenvalue weighted by atomic mass is 35.5. The predicted molar refractivity (Wildman–Crippen MR) is 168 cm³/mol. The Morgan fingerprint density at radius 2 is 1.80 bits per heavy atom. The summed E-state index contributed by atoms with van der Waals surface area (Å²) in [6.45, 7) is 5.14. The number of nitrogens with one attached hydrogen (secondary N) is 2. The second kappa shape index (κ2) is 14.2. The second-order valence-electron chi connectivity index (χ2n) is 10.2. The lowest BCUT2D eigenvalue weighted by atomic mass is 10.00. The van der Waals surface area contributed by atoms with Gasteiger partial charge in [-0.1, -0.05) is 29.8 Å². The maximum atomic E-state index is 12.7. The van der Waals surface area contributed by atoms with Crippen molar-refractivity contribution >= 4 is 29.1 Å². The molecule has 12 nitrogen and oxygen atoms in total. The number of benzene rings is 3. The summed E-state index contributed by atoms with van der Waals surface area (Å²) in [6, 6.07) is 16.6. The number of ether oxygens (including phenoxy) is 2. The van der Waals surface area contributed by atoms with Gasteiger partial charge >= 0.3 is 0 Å². The van der Waals surface area contributed by atoms with E-state index in [2.05, 4.69) is 20.8 Å². The average Bonchev–Trinajstić information content (AvgIpc) is 3.35. The fourth-order valence-corrected chi connectivity index (χ4v) is 5.08. The Balaban J connectivity index is 1.29. The van der Waals surface area contributed by atoms with Crippen LogP contribution in [0.4, 0.5) is 0 Å². The summed E-state index contributed by atoms with van der Waals surface area (Å²) in [5.74, 6) is 0.318. The van der Waals surface area contributed by atoms with E-state index >= 15 is 0 Å². The molecule has 13 heteroatoms. The van der Waals surface area contributed by atoms with E-state index in [1.54, 1.807) is 12.1 Å². The lowest BCUT2D eigenvalue weighted by molar-refractivity contribution is -0.121. The third-order valence-electron chi connectivity index (χ3n) is 7.05. The monoisotopic (exact) mass is 632 g/mol. The molecular formula is C32H33ClN6O6. The topological polar surface area (TPSA) is 160 Å². The standard InChI is InChI=1S/C32H33ClN6O6/c1-3-34-28(41)18-25-31-38-37-19(2)39(31)26-12-11-22(17-24(26)29(36-25)20-7-9-21(33)10-8-20)45-16-15-44-14-13-35-32(43)23-5-4-6-27(40)30(23)42/h4-12,17,25,40,42H,3,13-16,18H2,1-2H3,(H,34,41)(H,35,43). The number of aromatic hydroxyl groups is 2. The first kappa shape index (κ1) is 31.5. The molecule has 4 N–H and O–H groups in total. The van der Waals surface area contributed by atoms with Crippen LogP contribution in [0.5, 0.6) is 17.2 Å². The number of phenols is 2. The minimum atomic E-state index is -0.578. The lowest BCUT2D eigenvalue weighted by Gasteiger charge is -2.15. The summed E-state index contributed by atoms with van der Waals surface area (Å²) in [6.07, 6.45) is 0.104. The fourth-order valence-electron chi connectivity index (χ4n) is 4.95. The molecule has 45 heavy (non-hydrogen) atoms. The van der Waals surface area contributed by atoms with E-state index in [1.165, 1.54) is 18.2 Å². The number of phenolic OH excluding ortho intramolecular Hbond substituents is 2. The second-order valence-corrected chi connectivity index (χ2v) is 10.6. The van der Waals surface area contributed by atoms with Gasteiger partial charge in [-0.3, -0.25) is 19.1 Å². The van der Waals surface area contributed by atoms with Crippen molar-refractivity contribution in [2.24, 2.45) is 4.99 Å². The first-order valence-electron chi connectivity index (χ1n) is 14.4. The summed E-state index contributed by atoms with van der Waals surface area (Å²) in [5.41, 5.74) is 3.04. The zero-order valence-electron chi connectivity index (χ0n) is 24.8. The zero-order chi connectivity index (χ0) is 31.9. The van der Waals surface area contributed by atoms with Crippen LogP contribution in [0.15, 0.2) is 65.7 Å². The number of hydrogen-bond donors (Lipinski definition) is 4. The number of carbonyl (C=O) groups excluding carboxylic acids is 2. The van der Waals surface area contributed by atoms with Crippen molar-refractivity contribution in [2.75, 3.05) is 32.9 Å². The number of amides is 2. The number of fused-ring (bicyclic) bond motifs is 3. The molecule has 2 amide bonds. The molecule has 0 saturated carbocycles. The number of carbonyl (C=O) groups is 2. The van der Waals surface area contributed by atoms with Gasteiger partial charge in [-0.2, -0.15) is 0 Å². The third-order valence-corrected chi connectivity index (χ3v) is 7.31. The van der Waals surface area contributed by atoms with Gasteiger partial charge in [-0.05, 0) is 56.3 Å². The van der Waals surface area contributed by atoms with Gasteiger partial charge in [-0.15, -0.1) is 10.2 Å². The van der Waals surface area contributed by atoms with Crippen molar-refractivity contribution < 1.29 is 29.3 Å². The SMILES string of the molecule is CCNC(=O)CC1N=C(c2ccc(Cl)cc2)c2cc(OCCOCCNC(=O)c3cccc(O)c3O)ccc2-n2c(C)nnc21. The maximum Gasteiger partial charge on any atom is 0.255 e. The summed E-state index contributed by atoms with van der Waals surface area (Å²) in [5, 5.41) is 34.2. The molecule has 5 rings (SSSR count). The highest BCUT2D eigenvalue weighted by Gasteiger charge is 2.30. The Morgan fingerprint density at radius 3 is 2.58 bits per heavy atom. The molecule has 0 radical (unpaired) electrons. The van der Waals surface area contributed by atoms with Crippen LogP contribution in [0.2, 0.25) is 5.02 Å². The van der Waals surface area contributed by atoms with Gasteiger partial charge in [0, 0.05) is 29.2 Å². The summed E-state index contributed by atoms with van der Waals surface area (Å²) in [7, 11) is 0. The van der Waals surface area contributed by atoms with Crippen LogP contribution in [-0.2, 0) is 9.53 Å². The normalized spacial score (nSPS) is 13.7. The van der Waals surface area contributed by atoms with Crippen molar-refractivity contribution in [2.45, 2.75) is 26.3 Å². The minimum absolute atomic E-state index is 0.0209. The van der Waals surface area contributed by atoms with Crippen LogP contribution in [0.1, 0.15) is 52.5 Å². The van der Waals surface area contributed by atoms with Crippen LogP contribution in [0, 0.1) is 6.92 Å². The molecule has 0 aliphatic carbocycles. The number of nitrogens with zero attached hydrogens (tertiary/aromatic N) is 4. The van der Waals surface area contributed by atoms with E-state index in [0.29, 0.717) is 34.7 Å². The minimum Gasteiger partial charge on any atom is -0.504 e. The predicted octanol–water partition coefficient (Wildman–Crippen LogP) is 3.88. The number of aromatic nitrogens is 3. The third kappa shape index (κ3) is 7.24. The highest BCUT2D eigenvalue weighted by Crippen LogP contribution is 2.34. The number of halogens is 1. The molecule has 0 saturated heterocycles. The van der Waals surface area contributed by atoms with Crippen LogP contribution in [0.25, 0.3) is 5.69 Å². The van der Waals surface area contributed by atoms with E-state index in [4.69, 9.17) is 26.1 Å². The molecule has 3 aromatic carbocycles. The number of para-hydroxylation sites is 1. The van der Waals surface area contributed by atoms with Crippen LogP contribution in [0.3, 0.4) is 0 Å². The number of rotatable bonds is 12. The lowest BCUT2D eigenvalue weighted by Crippen LogP contribution is -2.27. The Labute approximate surface area is 264 Å². The largest absolute Gasteiger partial charge is 0.504 e. The Kier molecular flexibility index (Phi) is 9.95. The Morgan fingerprint density at radius 1 is 1.00 bits per heavy atom. The van der Waals surface area contributed by atoms with E-state index < -0.39 is 17.7 Å². The molecule has 0 bridgehead atoms. The van der Waals surface area contributed by atoms with Crippen molar-refractivity contribution in [3.8, 4) is 22.9 Å². The summed E-state index contributed by atoms with van der Waals surface area (Å²) in [4.78, 5) is 30.0. The van der Waals surface area contributed by atoms with Gasteiger partial charge in [0.05, 0.1) is 36.6 Å². The molecule has 234 valence electrons. The molecule has 0 fully saturated rings. The maximum absolute atomic E-state index is 12.7. The molecule has 0 spiro atoms. The Bertz CT molecular complexity index is 1720. The average molecular weight is 633 g/mol. The number of hydrogen-bond acceptors (Lipinski definition) is 9. The van der Waals surface area contributed by atoms with E-state index in [-0.39, 0.29) is 50.0 Å². The molecule has 4 aromatic rings. The number of aryl methyl sites for hydroxylation is 1. The van der Waals surface area contributed by atoms with Crippen molar-refractivity contribution in [1.82, 2.24) is 25.4 Å². The van der Waals surface area contributed by atoms with Gasteiger partial charge in [0.2, 0.25) is 5.91 Å². The van der Waals surface area contributed by atoms with E-state index in [1.807, 2.05) is 48.7 Å². The molecule has 1 unspecified atom stereocenters. The molecule has 1 aliphatic heterocycles. The molecule has 1 atom stereocenters. The van der Waals surface area contributed by atoms with Crippen molar-refractivity contribution in [1.29, 1.82) is 0 Å². The first-order chi connectivity index (χ1) is 21.8. The summed E-state index contributed by atoms with van der Waals surface area (Å²) < 4.78 is 13.5. The smallest absolute Gasteiger partial charge is 0.255 e. The highest BCUT2D eigenvalue weighted by molar-refractivity contribution is 6.30.